The Kier molecular flexibility index (Phi) is 7.55. The van der Waals surface area contributed by atoms with Crippen LogP contribution >= 0.6 is 0 Å². The van der Waals surface area contributed by atoms with E-state index < -0.39 is 10.0 Å². The van der Waals surface area contributed by atoms with Crippen LogP contribution in [0.15, 0.2) is 65.8 Å². The van der Waals surface area contributed by atoms with E-state index in [9.17, 15) is 8.42 Å². The molecule has 3 rings (SSSR count). The van der Waals surface area contributed by atoms with Gasteiger partial charge in [-0.05, 0) is 24.3 Å². The molecule has 0 fully saturated rings. The lowest BCUT2D eigenvalue weighted by Gasteiger charge is -2.24. The van der Waals surface area contributed by atoms with E-state index in [-0.39, 0.29) is 18.0 Å². The number of hydrogen-bond acceptors (Lipinski definition) is 7. The van der Waals surface area contributed by atoms with Gasteiger partial charge in [0.05, 0.1) is 28.4 Å². The molecule has 0 radical (unpaired) electrons. The highest BCUT2D eigenvalue weighted by molar-refractivity contribution is 7.89. The van der Waals surface area contributed by atoms with Gasteiger partial charge >= 0.3 is 0 Å². The SMILES string of the molecule is COc1ccc(CN(Cc2ccc(OC)cc2OC)S(=O)(=O)c2cccnc2)c(OC)c1. The van der Waals surface area contributed by atoms with Crippen LogP contribution in [-0.2, 0) is 23.1 Å². The van der Waals surface area contributed by atoms with E-state index in [1.807, 2.05) is 0 Å². The molecule has 3 aromatic rings. The zero-order chi connectivity index (χ0) is 23.1. The third kappa shape index (κ3) is 5.12. The van der Waals surface area contributed by atoms with Crippen LogP contribution in [0.2, 0.25) is 0 Å². The molecule has 0 spiro atoms. The van der Waals surface area contributed by atoms with Gasteiger partial charge < -0.3 is 18.9 Å². The number of nitrogens with zero attached hydrogens (tertiary/aromatic N) is 2. The molecule has 0 N–H and O–H groups in total. The quantitative estimate of drug-likeness (QED) is 0.459. The van der Waals surface area contributed by atoms with E-state index in [1.165, 1.54) is 37.0 Å². The highest BCUT2D eigenvalue weighted by Gasteiger charge is 2.27. The number of ether oxygens (including phenoxy) is 4. The summed E-state index contributed by atoms with van der Waals surface area (Å²) in [6.45, 7) is 0.138. The molecule has 0 saturated heterocycles. The van der Waals surface area contributed by atoms with Crippen molar-refractivity contribution in [3.63, 3.8) is 0 Å². The van der Waals surface area contributed by atoms with Gasteiger partial charge in [0.2, 0.25) is 10.0 Å². The lowest BCUT2D eigenvalue weighted by molar-refractivity contribution is 0.358. The zero-order valence-corrected chi connectivity index (χ0v) is 19.3. The van der Waals surface area contributed by atoms with Crippen LogP contribution in [-0.4, -0.2) is 46.1 Å². The van der Waals surface area contributed by atoms with E-state index in [0.29, 0.717) is 34.1 Å². The van der Waals surface area contributed by atoms with Gasteiger partial charge in [-0.2, -0.15) is 4.31 Å². The van der Waals surface area contributed by atoms with Gasteiger partial charge in [0, 0.05) is 48.7 Å². The van der Waals surface area contributed by atoms with Crippen molar-refractivity contribution in [2.24, 2.45) is 0 Å². The maximum absolute atomic E-state index is 13.5. The Balaban J connectivity index is 2.05. The van der Waals surface area contributed by atoms with E-state index in [2.05, 4.69) is 4.98 Å². The second kappa shape index (κ2) is 10.3. The molecule has 0 bridgehead atoms. The monoisotopic (exact) mass is 458 g/mol. The third-order valence-electron chi connectivity index (χ3n) is 4.95. The van der Waals surface area contributed by atoms with Crippen molar-refractivity contribution < 1.29 is 27.4 Å². The van der Waals surface area contributed by atoms with E-state index in [1.54, 1.807) is 56.7 Å². The predicted molar refractivity (Wildman–Crippen MR) is 120 cm³/mol. The molecular formula is C23H26N2O6S. The van der Waals surface area contributed by atoms with Crippen LogP contribution in [0.3, 0.4) is 0 Å². The fourth-order valence-electron chi connectivity index (χ4n) is 3.22. The first-order valence-electron chi connectivity index (χ1n) is 9.75. The molecule has 0 aliphatic heterocycles. The Morgan fingerprint density at radius 3 is 1.72 bits per heavy atom. The first kappa shape index (κ1) is 23.4. The molecule has 0 aliphatic carbocycles. The molecule has 0 amide bonds. The van der Waals surface area contributed by atoms with Gasteiger partial charge in [-0.25, -0.2) is 8.42 Å². The minimum absolute atomic E-state index is 0.0690. The van der Waals surface area contributed by atoms with Crippen LogP contribution in [0.4, 0.5) is 0 Å². The largest absolute Gasteiger partial charge is 0.497 e. The van der Waals surface area contributed by atoms with Crippen molar-refractivity contribution in [1.29, 1.82) is 0 Å². The van der Waals surface area contributed by atoms with Crippen molar-refractivity contribution in [2.45, 2.75) is 18.0 Å². The maximum Gasteiger partial charge on any atom is 0.245 e. The summed E-state index contributed by atoms with van der Waals surface area (Å²) >= 11 is 0. The van der Waals surface area contributed by atoms with Gasteiger partial charge in [0.1, 0.15) is 27.9 Å². The lowest BCUT2D eigenvalue weighted by atomic mass is 10.1. The third-order valence-corrected chi connectivity index (χ3v) is 6.73. The Morgan fingerprint density at radius 1 is 0.781 bits per heavy atom. The van der Waals surface area contributed by atoms with E-state index >= 15 is 0 Å². The van der Waals surface area contributed by atoms with Crippen LogP contribution in [0.5, 0.6) is 23.0 Å². The first-order valence-corrected chi connectivity index (χ1v) is 11.2. The molecule has 32 heavy (non-hydrogen) atoms. The first-order chi connectivity index (χ1) is 15.4. The van der Waals surface area contributed by atoms with Crippen molar-refractivity contribution >= 4 is 10.0 Å². The highest BCUT2D eigenvalue weighted by Crippen LogP contribution is 2.31. The summed E-state index contributed by atoms with van der Waals surface area (Å²) in [6.07, 6.45) is 2.86. The smallest absolute Gasteiger partial charge is 0.245 e. The Hall–Kier alpha value is -3.30. The van der Waals surface area contributed by atoms with Crippen LogP contribution in [0.25, 0.3) is 0 Å². The fourth-order valence-corrected chi connectivity index (χ4v) is 4.58. The average molecular weight is 459 g/mol. The molecule has 0 aliphatic rings. The zero-order valence-electron chi connectivity index (χ0n) is 18.4. The summed E-state index contributed by atoms with van der Waals surface area (Å²) in [4.78, 5) is 4.07. The number of methoxy groups -OCH3 is 4. The summed E-state index contributed by atoms with van der Waals surface area (Å²) in [7, 11) is 2.30. The van der Waals surface area contributed by atoms with Crippen molar-refractivity contribution in [3.8, 4) is 23.0 Å². The predicted octanol–water partition coefficient (Wildman–Crippen LogP) is 3.51. The topological polar surface area (TPSA) is 87.2 Å². The summed E-state index contributed by atoms with van der Waals surface area (Å²) in [5, 5.41) is 0. The number of benzene rings is 2. The number of pyridine rings is 1. The van der Waals surface area contributed by atoms with Crippen LogP contribution in [0.1, 0.15) is 11.1 Å². The lowest BCUT2D eigenvalue weighted by Crippen LogP contribution is -2.30. The molecule has 0 atom stereocenters. The number of sulfonamides is 1. The van der Waals surface area contributed by atoms with Gasteiger partial charge in [-0.1, -0.05) is 12.1 Å². The van der Waals surface area contributed by atoms with E-state index in [4.69, 9.17) is 18.9 Å². The summed E-state index contributed by atoms with van der Waals surface area (Å²) < 4.78 is 49.9. The second-order valence-corrected chi connectivity index (χ2v) is 8.76. The van der Waals surface area contributed by atoms with Gasteiger partial charge in [0.15, 0.2) is 0 Å². The highest BCUT2D eigenvalue weighted by atomic mass is 32.2. The number of aromatic nitrogens is 1. The summed E-state index contributed by atoms with van der Waals surface area (Å²) in [5.74, 6) is 2.28. The Bertz CT molecular complexity index is 1090. The van der Waals surface area contributed by atoms with Crippen LogP contribution in [0, 0.1) is 0 Å². The molecule has 9 heteroatoms. The fraction of sp³-hybridized carbons (Fsp3) is 0.261. The number of hydrogen-bond donors (Lipinski definition) is 0. The minimum Gasteiger partial charge on any atom is -0.497 e. The normalized spacial score (nSPS) is 11.3. The molecular weight excluding hydrogens is 432 g/mol. The average Bonchev–Trinajstić information content (AvgIpc) is 2.84. The minimum atomic E-state index is -3.88. The molecule has 0 saturated carbocycles. The number of rotatable bonds is 10. The second-order valence-electron chi connectivity index (χ2n) is 6.82. The van der Waals surface area contributed by atoms with Gasteiger partial charge in [-0.15, -0.1) is 0 Å². The molecule has 1 heterocycles. The standard InChI is InChI=1S/C23H26N2O6S/c1-28-19-9-7-17(22(12-19)30-3)15-25(32(26,27)21-6-5-11-24-14-21)16-18-8-10-20(29-2)13-23(18)31-4/h5-14H,15-16H2,1-4H3. The maximum atomic E-state index is 13.5. The van der Waals surface area contributed by atoms with Crippen molar-refractivity contribution in [2.75, 3.05) is 28.4 Å². The molecule has 1 aromatic heterocycles. The Labute approximate surface area is 188 Å². The Morgan fingerprint density at radius 2 is 1.31 bits per heavy atom. The molecule has 0 unspecified atom stereocenters. The van der Waals surface area contributed by atoms with Gasteiger partial charge in [-0.3, -0.25) is 4.98 Å². The molecule has 8 nitrogen and oxygen atoms in total. The molecule has 2 aromatic carbocycles. The summed E-state index contributed by atoms with van der Waals surface area (Å²) in [6, 6.07) is 13.7. The molecule has 170 valence electrons. The van der Waals surface area contributed by atoms with E-state index in [0.717, 1.165) is 0 Å². The van der Waals surface area contributed by atoms with Crippen molar-refractivity contribution in [3.05, 3.63) is 72.1 Å². The summed E-state index contributed by atoms with van der Waals surface area (Å²) in [5.41, 5.74) is 1.38. The van der Waals surface area contributed by atoms with Crippen molar-refractivity contribution in [1.82, 2.24) is 9.29 Å². The van der Waals surface area contributed by atoms with Gasteiger partial charge in [0.25, 0.3) is 0 Å². The van der Waals surface area contributed by atoms with Crippen LogP contribution < -0.4 is 18.9 Å².